The SMILES string of the molecule is C[C@@H](OC(=O)c1cccn1C)C(=O)NCc1ccccc1. The summed E-state index contributed by atoms with van der Waals surface area (Å²) >= 11 is 0. The van der Waals surface area contributed by atoms with E-state index in [1.54, 1.807) is 36.9 Å². The summed E-state index contributed by atoms with van der Waals surface area (Å²) < 4.78 is 6.80. The summed E-state index contributed by atoms with van der Waals surface area (Å²) in [5, 5.41) is 2.74. The van der Waals surface area contributed by atoms with E-state index in [0.717, 1.165) is 5.56 Å². The molecule has 0 saturated carbocycles. The molecule has 0 aliphatic rings. The molecular weight excluding hydrogens is 268 g/mol. The third kappa shape index (κ3) is 3.95. The van der Waals surface area contributed by atoms with Gasteiger partial charge in [0, 0.05) is 19.8 Å². The van der Waals surface area contributed by atoms with Gasteiger partial charge in [0.1, 0.15) is 5.69 Å². The molecule has 0 saturated heterocycles. The molecule has 1 N–H and O–H groups in total. The number of amides is 1. The molecule has 5 nitrogen and oxygen atoms in total. The fourth-order valence-corrected chi connectivity index (χ4v) is 1.88. The zero-order chi connectivity index (χ0) is 15.2. The van der Waals surface area contributed by atoms with E-state index in [1.165, 1.54) is 0 Å². The first kappa shape index (κ1) is 14.8. The van der Waals surface area contributed by atoms with Crippen molar-refractivity contribution >= 4 is 11.9 Å². The average Bonchev–Trinajstić information content (AvgIpc) is 2.92. The first-order chi connectivity index (χ1) is 10.1. The van der Waals surface area contributed by atoms with Gasteiger partial charge in [-0.05, 0) is 24.6 Å². The molecule has 21 heavy (non-hydrogen) atoms. The predicted molar refractivity (Wildman–Crippen MR) is 78.6 cm³/mol. The first-order valence-corrected chi connectivity index (χ1v) is 6.72. The van der Waals surface area contributed by atoms with Crippen LogP contribution in [0.25, 0.3) is 0 Å². The molecule has 0 fully saturated rings. The number of nitrogens with one attached hydrogen (secondary N) is 1. The van der Waals surface area contributed by atoms with E-state index >= 15 is 0 Å². The molecule has 0 radical (unpaired) electrons. The molecule has 1 heterocycles. The Morgan fingerprint density at radius 2 is 1.90 bits per heavy atom. The highest BCUT2D eigenvalue weighted by atomic mass is 16.5. The standard InChI is InChI=1S/C16H18N2O3/c1-12(21-16(20)14-9-6-10-18(14)2)15(19)17-11-13-7-4-3-5-8-13/h3-10,12H,11H2,1-2H3,(H,17,19)/t12-/m1/s1. The Hall–Kier alpha value is -2.56. The van der Waals surface area contributed by atoms with Gasteiger partial charge in [0.25, 0.3) is 5.91 Å². The van der Waals surface area contributed by atoms with Crippen molar-refractivity contribution in [2.75, 3.05) is 0 Å². The van der Waals surface area contributed by atoms with Gasteiger partial charge in [0.05, 0.1) is 0 Å². The summed E-state index contributed by atoms with van der Waals surface area (Å²) in [5.74, 6) is -0.828. The average molecular weight is 286 g/mol. The number of carbonyl (C=O) groups is 2. The molecular formula is C16H18N2O3. The highest BCUT2D eigenvalue weighted by Crippen LogP contribution is 2.05. The number of benzene rings is 1. The van der Waals surface area contributed by atoms with Gasteiger partial charge >= 0.3 is 5.97 Å². The van der Waals surface area contributed by atoms with Gasteiger partial charge in [0.15, 0.2) is 6.10 Å². The van der Waals surface area contributed by atoms with Crippen molar-refractivity contribution in [2.45, 2.75) is 19.6 Å². The minimum Gasteiger partial charge on any atom is -0.448 e. The zero-order valence-electron chi connectivity index (χ0n) is 12.1. The molecule has 1 atom stereocenters. The number of esters is 1. The summed E-state index contributed by atoms with van der Waals surface area (Å²) in [5.41, 5.74) is 1.41. The predicted octanol–water partition coefficient (Wildman–Crippen LogP) is 1.89. The van der Waals surface area contributed by atoms with Crippen LogP contribution in [-0.2, 0) is 23.1 Å². The molecule has 0 bridgehead atoms. The molecule has 0 aliphatic heterocycles. The Labute approximate surface area is 123 Å². The van der Waals surface area contributed by atoms with Gasteiger partial charge in [-0.1, -0.05) is 30.3 Å². The van der Waals surface area contributed by atoms with Crippen molar-refractivity contribution in [2.24, 2.45) is 7.05 Å². The minimum absolute atomic E-state index is 0.318. The van der Waals surface area contributed by atoms with Crippen molar-refractivity contribution in [3.63, 3.8) is 0 Å². The Bertz CT molecular complexity index is 619. The number of hydrogen-bond donors (Lipinski definition) is 1. The minimum atomic E-state index is -0.837. The van der Waals surface area contributed by atoms with E-state index in [1.807, 2.05) is 30.3 Å². The van der Waals surface area contributed by atoms with E-state index in [0.29, 0.717) is 12.2 Å². The van der Waals surface area contributed by atoms with E-state index in [4.69, 9.17) is 4.74 Å². The summed E-state index contributed by atoms with van der Waals surface area (Å²) in [6.07, 6.45) is 0.910. The summed E-state index contributed by atoms with van der Waals surface area (Å²) in [6, 6.07) is 13.0. The largest absolute Gasteiger partial charge is 0.448 e. The highest BCUT2D eigenvalue weighted by Gasteiger charge is 2.19. The van der Waals surface area contributed by atoms with Gasteiger partial charge in [-0.3, -0.25) is 4.79 Å². The van der Waals surface area contributed by atoms with Crippen molar-refractivity contribution in [3.05, 3.63) is 59.9 Å². The van der Waals surface area contributed by atoms with Crippen LogP contribution < -0.4 is 5.32 Å². The lowest BCUT2D eigenvalue weighted by Gasteiger charge is -2.13. The van der Waals surface area contributed by atoms with Crippen LogP contribution in [0.15, 0.2) is 48.7 Å². The van der Waals surface area contributed by atoms with Crippen molar-refractivity contribution in [1.29, 1.82) is 0 Å². The number of aromatic nitrogens is 1. The van der Waals surface area contributed by atoms with Gasteiger partial charge in [0.2, 0.25) is 0 Å². The van der Waals surface area contributed by atoms with Crippen LogP contribution in [0.5, 0.6) is 0 Å². The highest BCUT2D eigenvalue weighted by molar-refractivity contribution is 5.90. The number of rotatable bonds is 5. The molecule has 110 valence electrons. The Morgan fingerprint density at radius 1 is 1.19 bits per heavy atom. The van der Waals surface area contributed by atoms with E-state index in [2.05, 4.69) is 5.32 Å². The van der Waals surface area contributed by atoms with Gasteiger partial charge in [-0.25, -0.2) is 4.79 Å². The fourth-order valence-electron chi connectivity index (χ4n) is 1.88. The molecule has 2 aromatic rings. The van der Waals surface area contributed by atoms with Crippen LogP contribution in [0, 0.1) is 0 Å². The second kappa shape index (κ2) is 6.74. The summed E-state index contributed by atoms with van der Waals surface area (Å²) in [4.78, 5) is 23.8. The van der Waals surface area contributed by atoms with E-state index in [9.17, 15) is 9.59 Å². The van der Waals surface area contributed by atoms with Gasteiger partial charge in [-0.2, -0.15) is 0 Å². The number of aryl methyl sites for hydroxylation is 1. The quantitative estimate of drug-likeness (QED) is 0.854. The van der Waals surface area contributed by atoms with Crippen molar-refractivity contribution < 1.29 is 14.3 Å². The molecule has 1 aromatic heterocycles. The van der Waals surface area contributed by atoms with Crippen LogP contribution in [-0.4, -0.2) is 22.5 Å². The number of hydrogen-bond acceptors (Lipinski definition) is 3. The Morgan fingerprint density at radius 3 is 2.52 bits per heavy atom. The molecule has 5 heteroatoms. The molecule has 0 spiro atoms. The second-order valence-electron chi connectivity index (χ2n) is 4.76. The molecule has 0 aliphatic carbocycles. The van der Waals surface area contributed by atoms with Crippen LogP contribution in [0.4, 0.5) is 0 Å². The van der Waals surface area contributed by atoms with Gasteiger partial charge in [-0.15, -0.1) is 0 Å². The first-order valence-electron chi connectivity index (χ1n) is 6.72. The molecule has 1 amide bonds. The van der Waals surface area contributed by atoms with Crippen LogP contribution in [0.3, 0.4) is 0 Å². The number of ether oxygens (including phenoxy) is 1. The lowest BCUT2D eigenvalue weighted by atomic mass is 10.2. The van der Waals surface area contributed by atoms with Crippen LogP contribution >= 0.6 is 0 Å². The topological polar surface area (TPSA) is 60.3 Å². The summed E-state index contributed by atoms with van der Waals surface area (Å²) in [7, 11) is 1.75. The number of nitrogens with zero attached hydrogens (tertiary/aromatic N) is 1. The van der Waals surface area contributed by atoms with E-state index < -0.39 is 12.1 Å². The maximum atomic E-state index is 11.9. The Balaban J connectivity index is 1.85. The lowest BCUT2D eigenvalue weighted by molar-refractivity contribution is -0.129. The van der Waals surface area contributed by atoms with Crippen molar-refractivity contribution in [3.8, 4) is 0 Å². The maximum Gasteiger partial charge on any atom is 0.355 e. The maximum absolute atomic E-state index is 11.9. The second-order valence-corrected chi connectivity index (χ2v) is 4.76. The molecule has 1 aromatic carbocycles. The Kier molecular flexibility index (Phi) is 4.77. The third-order valence-corrected chi connectivity index (χ3v) is 3.12. The van der Waals surface area contributed by atoms with Crippen LogP contribution in [0.2, 0.25) is 0 Å². The summed E-state index contributed by atoms with van der Waals surface area (Å²) in [6.45, 7) is 1.97. The van der Waals surface area contributed by atoms with Gasteiger partial charge < -0.3 is 14.6 Å². The fraction of sp³-hybridized carbons (Fsp3) is 0.250. The number of carbonyl (C=O) groups excluding carboxylic acids is 2. The smallest absolute Gasteiger partial charge is 0.355 e. The van der Waals surface area contributed by atoms with Crippen molar-refractivity contribution in [1.82, 2.24) is 9.88 Å². The van der Waals surface area contributed by atoms with E-state index in [-0.39, 0.29) is 5.91 Å². The lowest BCUT2D eigenvalue weighted by Crippen LogP contribution is -2.35. The zero-order valence-corrected chi connectivity index (χ0v) is 12.1. The molecule has 2 rings (SSSR count). The normalized spacial score (nSPS) is 11.7. The molecule has 0 unspecified atom stereocenters. The third-order valence-electron chi connectivity index (χ3n) is 3.12. The van der Waals surface area contributed by atoms with Crippen LogP contribution in [0.1, 0.15) is 23.0 Å². The monoisotopic (exact) mass is 286 g/mol.